The maximum absolute atomic E-state index is 9.04. The van der Waals surface area contributed by atoms with E-state index in [1.807, 2.05) is 0 Å². The molecule has 2 aromatic heterocycles. The third-order valence-electron chi connectivity index (χ3n) is 1.35. The summed E-state index contributed by atoms with van der Waals surface area (Å²) >= 11 is 0. The van der Waals surface area contributed by atoms with E-state index in [0.717, 1.165) is 5.52 Å². The Morgan fingerprint density at radius 2 is 2.40 bits per heavy atom. The van der Waals surface area contributed by atoms with Crippen LogP contribution < -0.4 is 5.73 Å². The molecule has 0 radical (unpaired) electrons. The van der Waals surface area contributed by atoms with Gasteiger partial charge in [0.1, 0.15) is 0 Å². The number of aromatic nitrogens is 1. The molecule has 10 heavy (non-hydrogen) atoms. The molecule has 2 aromatic rings. The van der Waals surface area contributed by atoms with Crippen molar-refractivity contribution >= 4 is 17.0 Å². The summed E-state index contributed by atoms with van der Waals surface area (Å²) in [6, 6.07) is 1.62. The van der Waals surface area contributed by atoms with Crippen molar-refractivity contribution in [2.75, 3.05) is 5.73 Å². The van der Waals surface area contributed by atoms with Crippen LogP contribution in [-0.4, -0.2) is 10.1 Å². The molecule has 4 N–H and O–H groups in total. The van der Waals surface area contributed by atoms with E-state index in [2.05, 4.69) is 4.98 Å². The minimum absolute atomic E-state index is 0.0895. The number of nitrogens with one attached hydrogen (secondary N) is 1. The lowest BCUT2D eigenvalue weighted by Gasteiger charge is -1.80. The first kappa shape index (κ1) is 5.22. The molecule has 0 aliphatic heterocycles. The highest BCUT2D eigenvalue weighted by molar-refractivity contribution is 5.82. The maximum Gasteiger partial charge on any atom is 0.196 e. The quantitative estimate of drug-likeness (QED) is 0.509. The molecular formula is C6H6N2O2. The topological polar surface area (TPSA) is 75.2 Å². The highest BCUT2D eigenvalue weighted by atomic mass is 16.4. The second-order valence-corrected chi connectivity index (χ2v) is 2.07. The number of rotatable bonds is 0. The number of aromatic hydroxyl groups is 1. The molecule has 0 saturated carbocycles. The zero-order chi connectivity index (χ0) is 7.14. The van der Waals surface area contributed by atoms with Gasteiger partial charge in [0.2, 0.25) is 0 Å². The molecule has 0 aliphatic rings. The van der Waals surface area contributed by atoms with Crippen LogP contribution in [0.2, 0.25) is 0 Å². The van der Waals surface area contributed by atoms with Crippen molar-refractivity contribution < 1.29 is 9.52 Å². The van der Waals surface area contributed by atoms with Crippen LogP contribution >= 0.6 is 0 Å². The fourth-order valence-electron chi connectivity index (χ4n) is 0.919. The molecule has 0 unspecified atom stereocenters. The summed E-state index contributed by atoms with van der Waals surface area (Å²) in [5.74, 6) is 0.392. The number of aromatic amines is 1. The van der Waals surface area contributed by atoms with Crippen LogP contribution in [0.4, 0.5) is 5.88 Å². The van der Waals surface area contributed by atoms with Gasteiger partial charge in [0.05, 0.1) is 5.52 Å². The Labute approximate surface area is 56.3 Å². The summed E-state index contributed by atoms with van der Waals surface area (Å²) in [4.78, 5) is 2.78. The summed E-state index contributed by atoms with van der Waals surface area (Å²) in [6.45, 7) is 0. The molecule has 2 heterocycles. The third kappa shape index (κ3) is 0.500. The van der Waals surface area contributed by atoms with Gasteiger partial charge in [-0.05, 0) is 0 Å². The minimum Gasteiger partial charge on any atom is -0.503 e. The number of nitrogen functional groups attached to an aromatic ring is 1. The van der Waals surface area contributed by atoms with E-state index in [0.29, 0.717) is 11.5 Å². The molecule has 0 fully saturated rings. The maximum atomic E-state index is 9.04. The molecule has 2 rings (SSSR count). The van der Waals surface area contributed by atoms with Crippen LogP contribution in [0, 0.1) is 0 Å². The van der Waals surface area contributed by atoms with Crippen LogP contribution in [-0.2, 0) is 0 Å². The van der Waals surface area contributed by atoms with E-state index in [1.54, 1.807) is 6.07 Å². The number of nitrogens with two attached hydrogens (primary N) is 1. The van der Waals surface area contributed by atoms with Crippen molar-refractivity contribution in [3.63, 3.8) is 0 Å². The molecule has 0 aromatic carbocycles. The second kappa shape index (κ2) is 1.47. The normalized spacial score (nSPS) is 10.8. The highest BCUT2D eigenvalue weighted by Crippen LogP contribution is 2.27. The Balaban J connectivity index is 2.90. The number of anilines is 1. The van der Waals surface area contributed by atoms with Gasteiger partial charge >= 0.3 is 0 Å². The van der Waals surface area contributed by atoms with E-state index >= 15 is 0 Å². The van der Waals surface area contributed by atoms with Crippen molar-refractivity contribution in [3.05, 3.63) is 12.3 Å². The van der Waals surface area contributed by atoms with Crippen molar-refractivity contribution in [2.24, 2.45) is 0 Å². The Bertz CT molecular complexity index is 361. The summed E-state index contributed by atoms with van der Waals surface area (Å²) in [7, 11) is 0. The predicted octanol–water partition coefficient (Wildman–Crippen LogP) is 1.05. The highest BCUT2D eigenvalue weighted by Gasteiger charge is 2.06. The van der Waals surface area contributed by atoms with E-state index in [4.69, 9.17) is 15.3 Å². The zero-order valence-corrected chi connectivity index (χ0v) is 5.09. The lowest BCUT2D eigenvalue weighted by atomic mass is 10.5. The number of H-pyrrole nitrogens is 1. The molecule has 4 nitrogen and oxygen atoms in total. The summed E-state index contributed by atoms with van der Waals surface area (Å²) in [5, 5.41) is 9.04. The van der Waals surface area contributed by atoms with Crippen molar-refractivity contribution in [1.82, 2.24) is 4.98 Å². The Kier molecular flexibility index (Phi) is 0.768. The smallest absolute Gasteiger partial charge is 0.196 e. The number of fused-ring (bicyclic) bond motifs is 1. The van der Waals surface area contributed by atoms with Crippen LogP contribution in [0.3, 0.4) is 0 Å². The molecule has 0 spiro atoms. The largest absolute Gasteiger partial charge is 0.503 e. The first-order valence-electron chi connectivity index (χ1n) is 2.83. The van der Waals surface area contributed by atoms with Gasteiger partial charge in [0.15, 0.2) is 17.2 Å². The van der Waals surface area contributed by atoms with Crippen molar-refractivity contribution in [1.29, 1.82) is 0 Å². The second-order valence-electron chi connectivity index (χ2n) is 2.07. The van der Waals surface area contributed by atoms with Gasteiger partial charge < -0.3 is 20.2 Å². The lowest BCUT2D eigenvalue weighted by molar-refractivity contribution is 0.467. The van der Waals surface area contributed by atoms with E-state index in [9.17, 15) is 0 Å². The van der Waals surface area contributed by atoms with Crippen LogP contribution in [0.1, 0.15) is 0 Å². The number of hydrogen-bond acceptors (Lipinski definition) is 3. The van der Waals surface area contributed by atoms with Gasteiger partial charge in [-0.2, -0.15) is 0 Å². The van der Waals surface area contributed by atoms with E-state index in [1.165, 1.54) is 6.20 Å². The fraction of sp³-hybridized carbons (Fsp3) is 0. The Morgan fingerprint density at radius 3 is 3.10 bits per heavy atom. The number of hydrogen-bond donors (Lipinski definition) is 3. The summed E-state index contributed by atoms with van der Waals surface area (Å²) in [6.07, 6.45) is 1.45. The summed E-state index contributed by atoms with van der Waals surface area (Å²) < 4.78 is 4.94. The fourth-order valence-corrected chi connectivity index (χ4v) is 0.919. The average Bonchev–Trinajstić information content (AvgIpc) is 2.35. The van der Waals surface area contributed by atoms with Crippen LogP contribution in [0.5, 0.6) is 5.75 Å². The van der Waals surface area contributed by atoms with Crippen molar-refractivity contribution in [2.45, 2.75) is 0 Å². The molecule has 0 saturated heterocycles. The Morgan fingerprint density at radius 1 is 1.60 bits per heavy atom. The number of furan rings is 1. The lowest BCUT2D eigenvalue weighted by Crippen LogP contribution is -1.75. The van der Waals surface area contributed by atoms with Crippen LogP contribution in [0.15, 0.2) is 16.7 Å². The Hall–Kier alpha value is -1.58. The first-order valence-corrected chi connectivity index (χ1v) is 2.83. The van der Waals surface area contributed by atoms with Gasteiger partial charge in [-0.15, -0.1) is 0 Å². The monoisotopic (exact) mass is 138 g/mol. The molecule has 0 amide bonds. The van der Waals surface area contributed by atoms with Gasteiger partial charge in [-0.1, -0.05) is 0 Å². The van der Waals surface area contributed by atoms with Crippen LogP contribution in [0.25, 0.3) is 11.1 Å². The molecule has 0 bridgehead atoms. The third-order valence-corrected chi connectivity index (χ3v) is 1.35. The molecular weight excluding hydrogens is 132 g/mol. The van der Waals surface area contributed by atoms with Gasteiger partial charge in [-0.3, -0.25) is 0 Å². The zero-order valence-electron chi connectivity index (χ0n) is 5.09. The standard InChI is InChI=1S/C6H6N2O2/c7-5-1-3-6(10-5)4(9)2-8-3/h1-2,8-9H,7H2. The molecule has 52 valence electrons. The molecule has 0 atom stereocenters. The van der Waals surface area contributed by atoms with Gasteiger partial charge in [-0.25, -0.2) is 0 Å². The SMILES string of the molecule is Nc1cc2[nH]cc(O)c2o1. The minimum atomic E-state index is 0.0895. The average molecular weight is 138 g/mol. The predicted molar refractivity (Wildman–Crippen MR) is 36.6 cm³/mol. The summed E-state index contributed by atoms with van der Waals surface area (Å²) in [5.41, 5.74) is 6.44. The van der Waals surface area contributed by atoms with Crippen molar-refractivity contribution in [3.8, 4) is 5.75 Å². The van der Waals surface area contributed by atoms with Gasteiger partial charge in [0.25, 0.3) is 0 Å². The van der Waals surface area contributed by atoms with E-state index in [-0.39, 0.29) is 5.75 Å². The van der Waals surface area contributed by atoms with Gasteiger partial charge in [0, 0.05) is 12.3 Å². The molecule has 0 aliphatic carbocycles. The molecule has 4 heteroatoms. The van der Waals surface area contributed by atoms with E-state index < -0.39 is 0 Å². The first-order chi connectivity index (χ1) is 4.77.